The SMILES string of the molecule is NC(=O)CCC(NC(=O)C(N)CC(=O)O)C(=O)NC(Cc1cnc[nH]1)C(=O)NC(CCCN=C(N)N)C(=O)O. The van der Waals surface area contributed by atoms with Crippen molar-refractivity contribution < 1.29 is 39.0 Å². The summed E-state index contributed by atoms with van der Waals surface area (Å²) in [6.45, 7) is 0.127. The van der Waals surface area contributed by atoms with Crippen molar-refractivity contribution in [2.24, 2.45) is 27.9 Å². The van der Waals surface area contributed by atoms with Gasteiger partial charge in [0.1, 0.15) is 18.1 Å². The maximum atomic E-state index is 13.1. The molecule has 18 heteroatoms. The fourth-order valence-corrected chi connectivity index (χ4v) is 3.25. The van der Waals surface area contributed by atoms with Crippen molar-refractivity contribution >= 4 is 41.5 Å². The van der Waals surface area contributed by atoms with E-state index in [0.29, 0.717) is 5.69 Å². The summed E-state index contributed by atoms with van der Waals surface area (Å²) in [5.74, 6) is -6.41. The molecular weight excluding hydrogens is 520 g/mol. The molecule has 39 heavy (non-hydrogen) atoms. The normalized spacial score (nSPS) is 13.7. The van der Waals surface area contributed by atoms with Crippen LogP contribution in [0.1, 0.15) is 37.8 Å². The van der Waals surface area contributed by atoms with Crippen LogP contribution in [-0.4, -0.2) is 92.4 Å². The average Bonchev–Trinajstić information content (AvgIpc) is 3.35. The van der Waals surface area contributed by atoms with Gasteiger partial charge in [0.15, 0.2) is 5.96 Å². The molecule has 0 radical (unpaired) electrons. The lowest BCUT2D eigenvalue weighted by Crippen LogP contribution is -2.57. The highest BCUT2D eigenvalue weighted by atomic mass is 16.4. The minimum absolute atomic E-state index is 0.0265. The Balaban J connectivity index is 3.07. The van der Waals surface area contributed by atoms with Gasteiger partial charge in [0, 0.05) is 31.3 Å². The Labute approximate surface area is 222 Å². The number of imidazole rings is 1. The Hall–Kier alpha value is -4.74. The summed E-state index contributed by atoms with van der Waals surface area (Å²) >= 11 is 0. The second-order valence-corrected chi connectivity index (χ2v) is 8.46. The fourth-order valence-electron chi connectivity index (χ4n) is 3.25. The van der Waals surface area contributed by atoms with Crippen LogP contribution in [0.3, 0.4) is 0 Å². The monoisotopic (exact) mass is 554 g/mol. The van der Waals surface area contributed by atoms with E-state index in [1.54, 1.807) is 0 Å². The van der Waals surface area contributed by atoms with E-state index in [1.165, 1.54) is 12.5 Å². The van der Waals surface area contributed by atoms with Gasteiger partial charge in [-0.15, -0.1) is 0 Å². The molecule has 4 unspecified atom stereocenters. The number of primary amides is 1. The number of carboxylic acids is 2. The number of aromatic amines is 1. The van der Waals surface area contributed by atoms with Gasteiger partial charge in [-0.2, -0.15) is 0 Å². The number of nitrogens with two attached hydrogens (primary N) is 4. The number of aliphatic carboxylic acids is 2. The molecule has 0 aliphatic carbocycles. The van der Waals surface area contributed by atoms with Gasteiger partial charge < -0.3 is 54.1 Å². The van der Waals surface area contributed by atoms with E-state index in [2.05, 4.69) is 30.9 Å². The maximum absolute atomic E-state index is 13.1. The van der Waals surface area contributed by atoms with Crippen LogP contribution >= 0.6 is 0 Å². The number of hydrogen-bond donors (Lipinski definition) is 10. The van der Waals surface area contributed by atoms with E-state index in [9.17, 15) is 33.9 Å². The van der Waals surface area contributed by atoms with Gasteiger partial charge in [0.25, 0.3) is 0 Å². The first-order valence-corrected chi connectivity index (χ1v) is 11.7. The molecule has 4 atom stereocenters. The molecular formula is C21H34N10O8. The summed E-state index contributed by atoms with van der Waals surface area (Å²) in [7, 11) is 0. The van der Waals surface area contributed by atoms with Crippen LogP contribution in [0.2, 0.25) is 0 Å². The summed E-state index contributed by atoms with van der Waals surface area (Å²) in [4.78, 5) is 82.6. The Bertz CT molecular complexity index is 1040. The third-order valence-electron chi connectivity index (χ3n) is 5.22. The Morgan fingerprint density at radius 2 is 1.54 bits per heavy atom. The molecule has 1 heterocycles. The quantitative estimate of drug-likeness (QED) is 0.0467. The Morgan fingerprint density at radius 1 is 0.923 bits per heavy atom. The number of amides is 4. The molecule has 0 aliphatic heterocycles. The average molecular weight is 555 g/mol. The van der Waals surface area contributed by atoms with Gasteiger partial charge in [0.2, 0.25) is 23.6 Å². The number of hydrogen-bond acceptors (Lipinski definition) is 9. The Morgan fingerprint density at radius 3 is 2.08 bits per heavy atom. The smallest absolute Gasteiger partial charge is 0.326 e. The van der Waals surface area contributed by atoms with Crippen molar-refractivity contribution in [1.82, 2.24) is 25.9 Å². The van der Waals surface area contributed by atoms with Crippen LogP contribution in [0.4, 0.5) is 0 Å². The van der Waals surface area contributed by atoms with Crippen LogP contribution in [0, 0.1) is 0 Å². The zero-order chi connectivity index (χ0) is 29.5. The van der Waals surface area contributed by atoms with Gasteiger partial charge in [-0.1, -0.05) is 0 Å². The van der Waals surface area contributed by atoms with E-state index in [-0.39, 0.29) is 44.6 Å². The largest absolute Gasteiger partial charge is 0.481 e. The number of aliphatic imine (C=N–C) groups is 1. The summed E-state index contributed by atoms with van der Waals surface area (Å²) < 4.78 is 0. The van der Waals surface area contributed by atoms with E-state index >= 15 is 0 Å². The summed E-state index contributed by atoms with van der Waals surface area (Å²) in [5.41, 5.74) is 21.6. The molecule has 0 bridgehead atoms. The van der Waals surface area contributed by atoms with E-state index in [0.717, 1.165) is 0 Å². The maximum Gasteiger partial charge on any atom is 0.326 e. The lowest BCUT2D eigenvalue weighted by atomic mass is 10.1. The molecule has 0 aliphatic rings. The van der Waals surface area contributed by atoms with Crippen LogP contribution in [0.5, 0.6) is 0 Å². The predicted molar refractivity (Wildman–Crippen MR) is 134 cm³/mol. The topological polar surface area (TPSA) is 324 Å². The second kappa shape index (κ2) is 16.2. The second-order valence-electron chi connectivity index (χ2n) is 8.46. The molecule has 0 spiro atoms. The van der Waals surface area contributed by atoms with E-state index in [4.69, 9.17) is 28.0 Å². The minimum atomic E-state index is -1.49. The molecule has 1 aromatic rings. The standard InChI is InChI=1S/C21H34N10O8/c22-11(7-16(33)34)17(35)29-12(3-4-15(23)32)18(36)31-14(6-10-8-26-9-28-10)19(37)30-13(20(38)39)2-1-5-27-21(24)25/h8-9,11-14H,1-7,22H2,(H2,23,32)(H,26,28)(H,29,35)(H,30,37)(H,31,36)(H,33,34)(H,38,39)(H4,24,25,27). The predicted octanol–water partition coefficient (Wildman–Crippen LogP) is -4.39. The molecule has 4 amide bonds. The van der Waals surface area contributed by atoms with Crippen molar-refractivity contribution in [3.8, 4) is 0 Å². The van der Waals surface area contributed by atoms with Crippen molar-refractivity contribution in [1.29, 1.82) is 0 Å². The molecule has 14 N–H and O–H groups in total. The highest BCUT2D eigenvalue weighted by Crippen LogP contribution is 2.06. The van der Waals surface area contributed by atoms with Crippen LogP contribution in [-0.2, 0) is 35.2 Å². The number of H-pyrrole nitrogens is 1. The number of nitrogens with one attached hydrogen (secondary N) is 4. The van der Waals surface area contributed by atoms with Crippen molar-refractivity contribution in [3.63, 3.8) is 0 Å². The lowest BCUT2D eigenvalue weighted by molar-refractivity contribution is -0.142. The molecule has 216 valence electrons. The summed E-state index contributed by atoms with van der Waals surface area (Å²) in [6, 6.07) is -5.60. The number of guanidine groups is 1. The fraction of sp³-hybridized carbons (Fsp3) is 0.524. The van der Waals surface area contributed by atoms with Gasteiger partial charge in [-0.25, -0.2) is 9.78 Å². The molecule has 18 nitrogen and oxygen atoms in total. The Kier molecular flexibility index (Phi) is 13.4. The van der Waals surface area contributed by atoms with E-state index in [1.807, 2.05) is 0 Å². The number of nitrogens with zero attached hydrogens (tertiary/aromatic N) is 2. The number of rotatable bonds is 18. The molecule has 0 fully saturated rings. The highest BCUT2D eigenvalue weighted by Gasteiger charge is 2.31. The molecule has 1 rings (SSSR count). The lowest BCUT2D eigenvalue weighted by Gasteiger charge is -2.25. The third kappa shape index (κ3) is 12.9. The number of carboxylic acid groups (broad SMARTS) is 2. The third-order valence-corrected chi connectivity index (χ3v) is 5.22. The van der Waals surface area contributed by atoms with Crippen LogP contribution in [0.15, 0.2) is 17.5 Å². The van der Waals surface area contributed by atoms with Crippen molar-refractivity contribution in [2.75, 3.05) is 6.54 Å². The zero-order valence-electron chi connectivity index (χ0n) is 21.0. The number of carbonyl (C=O) groups excluding carboxylic acids is 4. The number of carbonyl (C=O) groups is 6. The first kappa shape index (κ1) is 32.3. The van der Waals surface area contributed by atoms with E-state index < -0.39 is 66.2 Å². The van der Waals surface area contributed by atoms with Crippen molar-refractivity contribution in [3.05, 3.63) is 18.2 Å². The van der Waals surface area contributed by atoms with Crippen molar-refractivity contribution in [2.45, 2.75) is 62.7 Å². The molecule has 0 saturated heterocycles. The van der Waals surface area contributed by atoms with Gasteiger partial charge in [0.05, 0.1) is 18.8 Å². The minimum Gasteiger partial charge on any atom is -0.481 e. The first-order chi connectivity index (χ1) is 18.3. The van der Waals surface area contributed by atoms with Gasteiger partial charge >= 0.3 is 11.9 Å². The molecule has 0 saturated carbocycles. The summed E-state index contributed by atoms with van der Waals surface area (Å²) in [6.07, 6.45) is 1.43. The highest BCUT2D eigenvalue weighted by molar-refractivity contribution is 5.95. The van der Waals surface area contributed by atoms with Gasteiger partial charge in [-0.3, -0.25) is 29.0 Å². The zero-order valence-corrected chi connectivity index (χ0v) is 21.0. The first-order valence-electron chi connectivity index (χ1n) is 11.7. The number of aromatic nitrogens is 2. The molecule has 0 aromatic carbocycles. The molecule has 1 aromatic heterocycles. The van der Waals surface area contributed by atoms with Crippen LogP contribution < -0.4 is 38.9 Å². The summed E-state index contributed by atoms with van der Waals surface area (Å²) in [5, 5.41) is 25.4. The van der Waals surface area contributed by atoms with Gasteiger partial charge in [-0.05, 0) is 19.3 Å². The van der Waals surface area contributed by atoms with Crippen LogP contribution in [0.25, 0.3) is 0 Å².